The highest BCUT2D eigenvalue weighted by Crippen LogP contribution is 2.36. The summed E-state index contributed by atoms with van der Waals surface area (Å²) in [6, 6.07) is 22.4. The number of nitrogens with one attached hydrogen (secondary N) is 3. The number of aromatic amines is 2. The summed E-state index contributed by atoms with van der Waals surface area (Å²) in [5.41, 5.74) is 10.1. The van der Waals surface area contributed by atoms with Crippen LogP contribution in [0, 0.1) is 11.7 Å². The molecule has 0 bridgehead atoms. The van der Waals surface area contributed by atoms with Crippen molar-refractivity contribution >= 4 is 21.8 Å². The Hall–Kier alpha value is -4.33. The van der Waals surface area contributed by atoms with Crippen LogP contribution in [0.1, 0.15) is 43.2 Å². The molecular weight excluding hydrogens is 559 g/mol. The third-order valence-electron chi connectivity index (χ3n) is 9.19. The van der Waals surface area contributed by atoms with Crippen molar-refractivity contribution < 1.29 is 4.39 Å². The number of rotatable bonds is 11. The Balaban J connectivity index is 1.17. The third kappa shape index (κ3) is 6.56. The first-order valence-electron chi connectivity index (χ1n) is 16.2. The second-order valence-electron chi connectivity index (χ2n) is 12.9. The van der Waals surface area contributed by atoms with E-state index >= 15 is 0 Å². The van der Waals surface area contributed by atoms with Crippen LogP contribution in [0.2, 0.25) is 0 Å². The quantitative estimate of drug-likeness (QED) is 0.140. The predicted molar refractivity (Wildman–Crippen MR) is 183 cm³/mol. The monoisotopic (exact) mass is 600 g/mol. The number of pyridine rings is 1. The molecule has 1 fully saturated rings. The van der Waals surface area contributed by atoms with Gasteiger partial charge in [-0.1, -0.05) is 37.1 Å². The molecule has 6 nitrogen and oxygen atoms in total. The van der Waals surface area contributed by atoms with Gasteiger partial charge in [-0.15, -0.1) is 0 Å². The molecule has 0 spiro atoms. The minimum atomic E-state index is -0.200. The summed E-state index contributed by atoms with van der Waals surface area (Å²) >= 11 is 0. The van der Waals surface area contributed by atoms with Crippen molar-refractivity contribution in [2.45, 2.75) is 45.1 Å². The number of H-pyrrole nitrogens is 2. The molecule has 3 heterocycles. The van der Waals surface area contributed by atoms with Gasteiger partial charge in [-0.25, -0.2) is 4.39 Å². The van der Waals surface area contributed by atoms with Crippen LogP contribution in [0.3, 0.4) is 0 Å². The van der Waals surface area contributed by atoms with Crippen LogP contribution in [0.15, 0.2) is 79.1 Å². The predicted octanol–water partition coefficient (Wildman–Crippen LogP) is 8.35. The molecule has 1 aliphatic carbocycles. The fraction of sp³-hybridized carbons (Fsp3) is 0.316. The summed E-state index contributed by atoms with van der Waals surface area (Å²) in [6.45, 7) is 2.89. The van der Waals surface area contributed by atoms with Crippen molar-refractivity contribution in [1.82, 2.24) is 30.4 Å². The van der Waals surface area contributed by atoms with Gasteiger partial charge in [0.1, 0.15) is 11.5 Å². The zero-order valence-corrected chi connectivity index (χ0v) is 26.2. The van der Waals surface area contributed by atoms with Gasteiger partial charge in [0.2, 0.25) is 0 Å². The summed E-state index contributed by atoms with van der Waals surface area (Å²) < 4.78 is 14.8. The van der Waals surface area contributed by atoms with E-state index in [0.29, 0.717) is 0 Å². The lowest BCUT2D eigenvalue weighted by atomic mass is 9.97. The van der Waals surface area contributed by atoms with Crippen molar-refractivity contribution in [3.63, 3.8) is 0 Å². The minimum Gasteiger partial charge on any atom is -0.353 e. The number of hydrogen-bond donors (Lipinski definition) is 3. The summed E-state index contributed by atoms with van der Waals surface area (Å²) in [4.78, 5) is 10.3. The second kappa shape index (κ2) is 13.0. The van der Waals surface area contributed by atoms with E-state index in [-0.39, 0.29) is 5.82 Å². The molecule has 45 heavy (non-hydrogen) atoms. The zero-order chi connectivity index (χ0) is 30.8. The van der Waals surface area contributed by atoms with Gasteiger partial charge >= 0.3 is 0 Å². The average molecular weight is 601 g/mol. The van der Waals surface area contributed by atoms with Crippen molar-refractivity contribution in [3.8, 4) is 33.6 Å². The zero-order valence-electron chi connectivity index (χ0n) is 26.2. The highest BCUT2D eigenvalue weighted by molar-refractivity contribution is 6.01. The molecule has 1 aliphatic rings. The summed E-state index contributed by atoms with van der Waals surface area (Å²) in [5, 5.41) is 13.7. The van der Waals surface area contributed by atoms with Crippen LogP contribution in [0.5, 0.6) is 0 Å². The van der Waals surface area contributed by atoms with Crippen LogP contribution < -0.4 is 5.32 Å². The molecule has 7 rings (SSSR count). The molecule has 1 saturated carbocycles. The Morgan fingerprint density at radius 1 is 0.867 bits per heavy atom. The van der Waals surface area contributed by atoms with Crippen LogP contribution in [0.4, 0.5) is 4.39 Å². The standard InChI is InChI=1S/C38H41FN6/c1-45(2)14-6-9-26-15-29(18-31(39)17-26)32-10-5-11-35-33(32)20-37(42-35)38-34-19-28(12-13-36(34)43-44-38)30-16-27(23-41-24-30)22-40-21-25-7-3-4-8-25/h5,10-13,15-20,23-25,40,42H,3-4,6-9,14,21-22H2,1-2H3,(H,43,44). The topological polar surface area (TPSA) is 72.6 Å². The number of benzene rings is 3. The van der Waals surface area contributed by atoms with Gasteiger partial charge < -0.3 is 15.2 Å². The second-order valence-corrected chi connectivity index (χ2v) is 12.9. The highest BCUT2D eigenvalue weighted by atomic mass is 19.1. The minimum absolute atomic E-state index is 0.200. The molecule has 0 atom stereocenters. The number of aryl methyl sites for hydroxylation is 1. The molecule has 0 unspecified atom stereocenters. The summed E-state index contributed by atoms with van der Waals surface area (Å²) in [7, 11) is 4.13. The lowest BCUT2D eigenvalue weighted by molar-refractivity contribution is 0.400. The van der Waals surface area contributed by atoms with E-state index in [0.717, 1.165) is 99.4 Å². The number of aromatic nitrogens is 4. The Morgan fingerprint density at radius 3 is 2.60 bits per heavy atom. The number of fused-ring (bicyclic) bond motifs is 2. The Morgan fingerprint density at radius 2 is 1.73 bits per heavy atom. The van der Waals surface area contributed by atoms with E-state index in [1.807, 2.05) is 18.5 Å². The molecule has 230 valence electrons. The molecule has 0 aliphatic heterocycles. The molecule has 7 heteroatoms. The van der Waals surface area contributed by atoms with Crippen molar-refractivity contribution in [2.75, 3.05) is 27.2 Å². The Bertz CT molecular complexity index is 1930. The third-order valence-corrected chi connectivity index (χ3v) is 9.19. The number of halogens is 1. The average Bonchev–Trinajstić information content (AvgIpc) is 3.80. The highest BCUT2D eigenvalue weighted by Gasteiger charge is 2.16. The SMILES string of the molecule is CN(C)CCCc1cc(F)cc(-c2cccc3[nH]c(-c4n[nH]c5ccc(-c6cncc(CNCC7CCCC7)c6)cc45)cc23)c1. The molecular formula is C38H41FN6. The summed E-state index contributed by atoms with van der Waals surface area (Å²) in [5.74, 6) is 0.613. The van der Waals surface area contributed by atoms with Crippen molar-refractivity contribution in [3.05, 3.63) is 96.1 Å². The largest absolute Gasteiger partial charge is 0.353 e. The lowest BCUT2D eigenvalue weighted by Gasteiger charge is -2.11. The summed E-state index contributed by atoms with van der Waals surface area (Å²) in [6.07, 6.45) is 11.2. The molecule has 0 radical (unpaired) electrons. The first-order valence-corrected chi connectivity index (χ1v) is 16.2. The van der Waals surface area contributed by atoms with Crippen molar-refractivity contribution in [1.29, 1.82) is 0 Å². The van der Waals surface area contributed by atoms with Crippen LogP contribution in [0.25, 0.3) is 55.4 Å². The van der Waals surface area contributed by atoms with Gasteiger partial charge in [-0.05, 0) is 129 Å². The van der Waals surface area contributed by atoms with Gasteiger partial charge in [-0.2, -0.15) is 5.10 Å². The Labute approximate surface area is 264 Å². The molecule has 6 aromatic rings. The van der Waals surface area contributed by atoms with E-state index in [1.54, 1.807) is 12.1 Å². The van der Waals surface area contributed by atoms with E-state index in [9.17, 15) is 4.39 Å². The molecule has 3 aromatic heterocycles. The van der Waals surface area contributed by atoms with E-state index in [4.69, 9.17) is 5.10 Å². The lowest BCUT2D eigenvalue weighted by Crippen LogP contribution is -2.20. The fourth-order valence-corrected chi connectivity index (χ4v) is 6.86. The van der Waals surface area contributed by atoms with Crippen LogP contribution in [-0.2, 0) is 13.0 Å². The van der Waals surface area contributed by atoms with Crippen LogP contribution in [-0.4, -0.2) is 52.3 Å². The first kappa shape index (κ1) is 29.4. The van der Waals surface area contributed by atoms with Crippen LogP contribution >= 0.6 is 0 Å². The number of hydrogen-bond acceptors (Lipinski definition) is 4. The van der Waals surface area contributed by atoms with E-state index in [2.05, 4.69) is 87.9 Å². The van der Waals surface area contributed by atoms with Gasteiger partial charge in [0.15, 0.2) is 0 Å². The normalized spacial score (nSPS) is 14.0. The number of nitrogens with zero attached hydrogens (tertiary/aromatic N) is 3. The van der Waals surface area contributed by atoms with E-state index in [1.165, 1.54) is 31.2 Å². The van der Waals surface area contributed by atoms with Gasteiger partial charge in [0.05, 0.1) is 11.2 Å². The Kier molecular flexibility index (Phi) is 8.46. The van der Waals surface area contributed by atoms with E-state index < -0.39 is 0 Å². The van der Waals surface area contributed by atoms with Gasteiger partial charge in [0.25, 0.3) is 0 Å². The van der Waals surface area contributed by atoms with Crippen molar-refractivity contribution in [2.24, 2.45) is 5.92 Å². The first-order chi connectivity index (χ1) is 22.0. The maximum absolute atomic E-state index is 14.8. The smallest absolute Gasteiger partial charge is 0.124 e. The maximum Gasteiger partial charge on any atom is 0.124 e. The molecule has 3 N–H and O–H groups in total. The fourth-order valence-electron chi connectivity index (χ4n) is 6.86. The maximum atomic E-state index is 14.8. The molecule has 3 aromatic carbocycles. The molecule has 0 amide bonds. The molecule has 0 saturated heterocycles. The van der Waals surface area contributed by atoms with Gasteiger partial charge in [0, 0.05) is 40.8 Å². The van der Waals surface area contributed by atoms with Gasteiger partial charge in [-0.3, -0.25) is 10.1 Å².